The first-order valence-corrected chi connectivity index (χ1v) is 10.6. The van der Waals surface area contributed by atoms with Crippen LogP contribution in [0.4, 0.5) is 0 Å². The van der Waals surface area contributed by atoms with Crippen molar-refractivity contribution in [3.63, 3.8) is 0 Å². The predicted octanol–water partition coefficient (Wildman–Crippen LogP) is 2.25. The van der Waals surface area contributed by atoms with Crippen molar-refractivity contribution in [2.75, 3.05) is 6.54 Å². The molecule has 166 valence electrons. The number of carbonyl (C=O) groups excluding carboxylic acids is 1. The maximum atomic E-state index is 13.6. The number of nitrogens with zero attached hydrogens (tertiary/aromatic N) is 8. The number of rotatable bonds is 3. The highest BCUT2D eigenvalue weighted by atomic mass is 16.4. The van der Waals surface area contributed by atoms with Gasteiger partial charge in [0.1, 0.15) is 6.04 Å². The minimum Gasteiger partial charge on any atom is -0.412 e. The van der Waals surface area contributed by atoms with Gasteiger partial charge < -0.3 is 14.3 Å². The Bertz CT molecular complexity index is 1510. The number of pyridine rings is 1. The zero-order valence-corrected chi connectivity index (χ0v) is 18.3. The van der Waals surface area contributed by atoms with Crippen LogP contribution < -0.4 is 0 Å². The molecule has 0 bridgehead atoms. The number of amides is 1. The van der Waals surface area contributed by atoms with Gasteiger partial charge in [-0.05, 0) is 32.0 Å². The van der Waals surface area contributed by atoms with Crippen LogP contribution in [-0.4, -0.2) is 56.9 Å². The monoisotopic (exact) mass is 443 g/mol. The molecule has 6 rings (SSSR count). The Morgan fingerprint density at radius 3 is 2.91 bits per heavy atom. The van der Waals surface area contributed by atoms with Gasteiger partial charge in [0, 0.05) is 37.1 Å². The van der Waals surface area contributed by atoms with Gasteiger partial charge in [0.2, 0.25) is 0 Å². The Morgan fingerprint density at radius 2 is 2.12 bits per heavy atom. The van der Waals surface area contributed by atoms with Crippen LogP contribution in [0.1, 0.15) is 45.2 Å². The number of fused-ring (bicyclic) bond motifs is 2. The summed E-state index contributed by atoms with van der Waals surface area (Å²) >= 11 is 0. The Hall–Kier alpha value is -4.28. The smallest absolute Gasteiger partial charge is 0.312 e. The number of hydrogen-bond donors (Lipinski definition) is 1. The molecule has 1 atom stereocenters. The van der Waals surface area contributed by atoms with Crippen LogP contribution in [0.25, 0.3) is 17.0 Å². The summed E-state index contributed by atoms with van der Waals surface area (Å²) in [4.78, 5) is 23.0. The fourth-order valence-electron chi connectivity index (χ4n) is 4.35. The molecule has 11 nitrogen and oxygen atoms in total. The molecule has 1 aliphatic rings. The standard InChI is InChI=1S/C22H21N9O2/c1-12-5-4-6-14-9-17(28-31(12)14)19-18-16(23-11-24-18)7-8-30(19)22(32)21-27-26-20(33-21)15-10-25-29(3)13(15)2/h4-6,9-11,19H,7-8H2,1-3H3,(H,23,24)/t19-/m0/s1. The summed E-state index contributed by atoms with van der Waals surface area (Å²) in [6, 6.07) is 7.49. The van der Waals surface area contributed by atoms with Crippen molar-refractivity contribution in [3.05, 3.63) is 71.1 Å². The van der Waals surface area contributed by atoms with Gasteiger partial charge >= 0.3 is 11.8 Å². The number of nitrogens with one attached hydrogen (secondary N) is 1. The van der Waals surface area contributed by atoms with Crippen LogP contribution in [-0.2, 0) is 13.5 Å². The lowest BCUT2D eigenvalue weighted by Gasteiger charge is -2.32. The summed E-state index contributed by atoms with van der Waals surface area (Å²) in [5, 5.41) is 17.1. The largest absolute Gasteiger partial charge is 0.412 e. The second kappa shape index (κ2) is 7.12. The van der Waals surface area contributed by atoms with Crippen molar-refractivity contribution < 1.29 is 9.21 Å². The van der Waals surface area contributed by atoms with E-state index in [0.717, 1.165) is 34.0 Å². The van der Waals surface area contributed by atoms with E-state index in [2.05, 4.69) is 25.3 Å². The second-order valence-corrected chi connectivity index (χ2v) is 8.17. The van der Waals surface area contributed by atoms with Gasteiger partial charge in [-0.2, -0.15) is 10.2 Å². The third kappa shape index (κ3) is 2.96. The summed E-state index contributed by atoms with van der Waals surface area (Å²) in [6.45, 7) is 4.36. The van der Waals surface area contributed by atoms with Crippen molar-refractivity contribution in [2.45, 2.75) is 26.3 Å². The van der Waals surface area contributed by atoms with E-state index >= 15 is 0 Å². The molecule has 1 amide bonds. The molecule has 0 aromatic carbocycles. The predicted molar refractivity (Wildman–Crippen MR) is 116 cm³/mol. The van der Waals surface area contributed by atoms with Crippen LogP contribution in [0.15, 0.2) is 41.2 Å². The van der Waals surface area contributed by atoms with Crippen molar-refractivity contribution >= 4 is 11.4 Å². The van der Waals surface area contributed by atoms with E-state index in [4.69, 9.17) is 9.52 Å². The third-order valence-corrected chi connectivity index (χ3v) is 6.23. The molecular weight excluding hydrogens is 422 g/mol. The third-order valence-electron chi connectivity index (χ3n) is 6.23. The first-order valence-electron chi connectivity index (χ1n) is 10.6. The molecule has 5 aromatic heterocycles. The maximum absolute atomic E-state index is 13.6. The molecule has 0 spiro atoms. The molecule has 0 saturated carbocycles. The SMILES string of the molecule is Cc1c(-c2nnc(C(=O)N3CCc4[nH]cnc4[C@@H]3c3cc4cccc(C)n4n3)o2)cnn1C. The number of H-pyrrole nitrogens is 1. The van der Waals surface area contributed by atoms with E-state index in [-0.39, 0.29) is 17.7 Å². The fourth-order valence-corrected chi connectivity index (χ4v) is 4.35. The Labute approximate surface area is 188 Å². The van der Waals surface area contributed by atoms with Crippen LogP contribution >= 0.6 is 0 Å². The van der Waals surface area contributed by atoms with Gasteiger partial charge in [0.05, 0.1) is 35.0 Å². The minimum absolute atomic E-state index is 0.0721. The lowest BCUT2D eigenvalue weighted by atomic mass is 9.99. The number of hydrogen-bond acceptors (Lipinski definition) is 7. The molecule has 6 heterocycles. The van der Waals surface area contributed by atoms with Crippen molar-refractivity contribution in [1.82, 2.24) is 44.5 Å². The summed E-state index contributed by atoms with van der Waals surface area (Å²) in [7, 11) is 1.83. The van der Waals surface area contributed by atoms with Crippen molar-refractivity contribution in [1.29, 1.82) is 0 Å². The molecule has 33 heavy (non-hydrogen) atoms. The first kappa shape index (κ1) is 19.4. The summed E-state index contributed by atoms with van der Waals surface area (Å²) in [6.07, 6.45) is 3.95. The molecule has 11 heteroatoms. The van der Waals surface area contributed by atoms with E-state index in [1.165, 1.54) is 0 Å². The van der Waals surface area contributed by atoms with E-state index in [9.17, 15) is 4.79 Å². The normalized spacial score (nSPS) is 15.8. The average Bonchev–Trinajstić information content (AvgIpc) is 3.60. The lowest BCUT2D eigenvalue weighted by Crippen LogP contribution is -2.41. The van der Waals surface area contributed by atoms with E-state index < -0.39 is 6.04 Å². The first-order chi connectivity index (χ1) is 16.0. The highest BCUT2D eigenvalue weighted by Crippen LogP contribution is 2.34. The van der Waals surface area contributed by atoms with Gasteiger partial charge in [-0.3, -0.25) is 9.48 Å². The lowest BCUT2D eigenvalue weighted by molar-refractivity contribution is 0.0646. The molecule has 1 aliphatic heterocycles. The number of imidazole rings is 1. The van der Waals surface area contributed by atoms with Gasteiger partial charge in [-0.1, -0.05) is 6.07 Å². The van der Waals surface area contributed by atoms with E-state index in [0.29, 0.717) is 18.5 Å². The van der Waals surface area contributed by atoms with Crippen LogP contribution in [0, 0.1) is 13.8 Å². The van der Waals surface area contributed by atoms with Gasteiger partial charge in [0.25, 0.3) is 5.89 Å². The zero-order chi connectivity index (χ0) is 22.7. The van der Waals surface area contributed by atoms with Gasteiger partial charge in [-0.15, -0.1) is 10.2 Å². The molecule has 0 saturated heterocycles. The van der Waals surface area contributed by atoms with Crippen LogP contribution in [0.3, 0.4) is 0 Å². The molecule has 0 unspecified atom stereocenters. The zero-order valence-electron chi connectivity index (χ0n) is 18.3. The van der Waals surface area contributed by atoms with Gasteiger partial charge in [0.15, 0.2) is 0 Å². The molecule has 1 N–H and O–H groups in total. The summed E-state index contributed by atoms with van der Waals surface area (Å²) < 4.78 is 9.37. The number of aryl methyl sites for hydroxylation is 2. The van der Waals surface area contributed by atoms with Crippen LogP contribution in [0.5, 0.6) is 0 Å². The highest BCUT2D eigenvalue weighted by molar-refractivity contribution is 5.90. The Kier molecular flexibility index (Phi) is 4.19. The highest BCUT2D eigenvalue weighted by Gasteiger charge is 2.38. The van der Waals surface area contributed by atoms with Gasteiger partial charge in [-0.25, -0.2) is 9.50 Å². The number of carbonyl (C=O) groups is 1. The quantitative estimate of drug-likeness (QED) is 0.454. The number of aromatic amines is 1. The topological polar surface area (TPSA) is 123 Å². The molecule has 0 aliphatic carbocycles. The molecule has 5 aromatic rings. The van der Waals surface area contributed by atoms with E-state index in [1.807, 2.05) is 49.7 Å². The Balaban J connectivity index is 1.41. The number of aromatic nitrogens is 8. The second-order valence-electron chi connectivity index (χ2n) is 8.17. The Morgan fingerprint density at radius 1 is 1.24 bits per heavy atom. The van der Waals surface area contributed by atoms with Crippen molar-refractivity contribution in [3.8, 4) is 11.5 Å². The average molecular weight is 443 g/mol. The molecular formula is C22H21N9O2. The summed E-state index contributed by atoms with van der Waals surface area (Å²) in [5.74, 6) is -0.166. The fraction of sp³-hybridized carbons (Fsp3) is 0.273. The maximum Gasteiger partial charge on any atom is 0.312 e. The van der Waals surface area contributed by atoms with Crippen LogP contribution in [0.2, 0.25) is 0 Å². The molecule has 0 radical (unpaired) electrons. The van der Waals surface area contributed by atoms with E-state index in [1.54, 1.807) is 22.1 Å². The summed E-state index contributed by atoms with van der Waals surface area (Å²) in [5.41, 5.74) is 6.02. The van der Waals surface area contributed by atoms with Crippen molar-refractivity contribution in [2.24, 2.45) is 7.05 Å². The molecule has 0 fully saturated rings. The minimum atomic E-state index is -0.470.